The quantitative estimate of drug-likeness (QED) is 0.873. The number of hydrogen-bond donors (Lipinski definition) is 1. The van der Waals surface area contributed by atoms with Crippen LogP contribution in [0.2, 0.25) is 0 Å². The Labute approximate surface area is 147 Å². The fraction of sp³-hybridized carbons (Fsp3) is 0.400. The Hall–Kier alpha value is -1.98. The van der Waals surface area contributed by atoms with Crippen molar-refractivity contribution < 1.29 is 13.5 Å². The van der Waals surface area contributed by atoms with Gasteiger partial charge >= 0.3 is 0 Å². The van der Waals surface area contributed by atoms with Gasteiger partial charge in [-0.3, -0.25) is 4.90 Å². The van der Waals surface area contributed by atoms with Gasteiger partial charge in [0.15, 0.2) is 0 Å². The van der Waals surface area contributed by atoms with E-state index in [0.29, 0.717) is 12.3 Å². The summed E-state index contributed by atoms with van der Waals surface area (Å²) >= 11 is 0. The van der Waals surface area contributed by atoms with Crippen molar-refractivity contribution in [2.75, 3.05) is 26.2 Å². The zero-order chi connectivity index (χ0) is 17.9. The molecule has 25 heavy (non-hydrogen) atoms. The minimum Gasteiger partial charge on any atom is -0.457 e. The molecule has 0 atom stereocenters. The van der Waals surface area contributed by atoms with Gasteiger partial charge in [-0.2, -0.15) is 0 Å². The Morgan fingerprint density at radius 1 is 1.08 bits per heavy atom. The third kappa shape index (κ3) is 4.77. The van der Waals surface area contributed by atoms with E-state index >= 15 is 0 Å². The first-order valence-corrected chi connectivity index (χ1v) is 8.60. The molecule has 2 aromatic rings. The summed E-state index contributed by atoms with van der Waals surface area (Å²) < 4.78 is 34.0. The molecule has 2 aromatic carbocycles. The van der Waals surface area contributed by atoms with E-state index in [2.05, 4.69) is 10.2 Å². The van der Waals surface area contributed by atoms with Crippen LogP contribution in [0.4, 0.5) is 8.78 Å². The van der Waals surface area contributed by atoms with Crippen molar-refractivity contribution >= 4 is 0 Å². The molecule has 1 heterocycles. The zero-order valence-corrected chi connectivity index (χ0v) is 14.7. The van der Waals surface area contributed by atoms with Crippen LogP contribution < -0.4 is 10.1 Å². The highest BCUT2D eigenvalue weighted by Gasteiger charge is 2.29. The molecule has 1 N–H and O–H groups in total. The van der Waals surface area contributed by atoms with Crippen molar-refractivity contribution in [1.82, 2.24) is 10.2 Å². The first-order valence-electron chi connectivity index (χ1n) is 8.60. The van der Waals surface area contributed by atoms with Gasteiger partial charge in [-0.25, -0.2) is 8.78 Å². The molecule has 5 heteroatoms. The molecule has 1 aliphatic rings. The molecule has 1 fully saturated rings. The molecule has 0 unspecified atom stereocenters. The summed E-state index contributed by atoms with van der Waals surface area (Å²) in [6, 6.07) is 12.5. The second kappa shape index (κ2) is 7.50. The number of ether oxygens (including phenoxy) is 1. The highest BCUT2D eigenvalue weighted by Crippen LogP contribution is 2.37. The minimum atomic E-state index is -2.96. The Kier molecular flexibility index (Phi) is 5.35. The molecule has 0 spiro atoms. The monoisotopic (exact) mass is 346 g/mol. The topological polar surface area (TPSA) is 24.5 Å². The van der Waals surface area contributed by atoms with Gasteiger partial charge in [-0.05, 0) is 36.8 Å². The van der Waals surface area contributed by atoms with Crippen molar-refractivity contribution in [2.24, 2.45) is 0 Å². The maximum absolute atomic E-state index is 14.1. The summed E-state index contributed by atoms with van der Waals surface area (Å²) in [5.41, 5.74) is 1.91. The molecule has 1 saturated heterocycles. The summed E-state index contributed by atoms with van der Waals surface area (Å²) in [5, 5.41) is 3.29. The fourth-order valence-electron chi connectivity index (χ4n) is 2.97. The average Bonchev–Trinajstić information content (AvgIpc) is 2.58. The van der Waals surface area contributed by atoms with Crippen LogP contribution in [0.3, 0.4) is 0 Å². The second-order valence-corrected chi connectivity index (χ2v) is 6.66. The van der Waals surface area contributed by atoms with Crippen molar-refractivity contribution in [3.8, 4) is 11.5 Å². The molecule has 0 radical (unpaired) electrons. The number of benzene rings is 2. The molecule has 0 bridgehead atoms. The smallest absolute Gasteiger partial charge is 0.274 e. The van der Waals surface area contributed by atoms with E-state index in [0.717, 1.165) is 44.2 Å². The number of nitrogens with one attached hydrogen (secondary N) is 1. The number of alkyl halides is 2. The van der Waals surface area contributed by atoms with Crippen LogP contribution in [-0.4, -0.2) is 31.1 Å². The van der Waals surface area contributed by atoms with Gasteiger partial charge in [0, 0.05) is 39.6 Å². The Morgan fingerprint density at radius 2 is 1.76 bits per heavy atom. The predicted octanol–water partition coefficient (Wildman–Crippen LogP) is 4.30. The number of nitrogens with zero attached hydrogens (tertiary/aromatic N) is 1. The van der Waals surface area contributed by atoms with Crippen LogP contribution >= 0.6 is 0 Å². The fourth-order valence-corrected chi connectivity index (χ4v) is 2.97. The van der Waals surface area contributed by atoms with Crippen molar-refractivity contribution in [3.63, 3.8) is 0 Å². The van der Waals surface area contributed by atoms with Gasteiger partial charge in [0.25, 0.3) is 5.92 Å². The lowest BCUT2D eigenvalue weighted by molar-refractivity contribution is 0.0154. The number of halogens is 2. The molecule has 134 valence electrons. The molecule has 1 aliphatic heterocycles. The highest BCUT2D eigenvalue weighted by atomic mass is 19.3. The normalized spacial score (nSPS) is 16.0. The van der Waals surface area contributed by atoms with E-state index in [1.165, 1.54) is 0 Å². The zero-order valence-electron chi connectivity index (χ0n) is 14.7. The molecule has 0 amide bonds. The Bertz CT molecular complexity index is 705. The number of hydrogen-bond acceptors (Lipinski definition) is 3. The molecule has 3 rings (SSSR count). The largest absolute Gasteiger partial charge is 0.457 e. The van der Waals surface area contributed by atoms with E-state index in [-0.39, 0.29) is 11.3 Å². The van der Waals surface area contributed by atoms with Gasteiger partial charge in [0.05, 0.1) is 5.56 Å². The number of aryl methyl sites for hydroxylation is 1. The van der Waals surface area contributed by atoms with E-state index in [1.54, 1.807) is 24.3 Å². The van der Waals surface area contributed by atoms with Crippen LogP contribution in [0.5, 0.6) is 11.5 Å². The van der Waals surface area contributed by atoms with Crippen molar-refractivity contribution in [2.45, 2.75) is 26.3 Å². The predicted molar refractivity (Wildman–Crippen MR) is 95.4 cm³/mol. The summed E-state index contributed by atoms with van der Waals surface area (Å²) in [4.78, 5) is 2.27. The maximum atomic E-state index is 14.1. The highest BCUT2D eigenvalue weighted by molar-refractivity contribution is 5.43. The molecule has 0 saturated carbocycles. The van der Waals surface area contributed by atoms with Crippen LogP contribution in [-0.2, 0) is 12.5 Å². The van der Waals surface area contributed by atoms with E-state index < -0.39 is 5.92 Å². The molecule has 0 aromatic heterocycles. The molecule has 3 nitrogen and oxygen atoms in total. The lowest BCUT2D eigenvalue weighted by Gasteiger charge is -2.27. The summed E-state index contributed by atoms with van der Waals surface area (Å²) in [6.07, 6.45) is 0. The van der Waals surface area contributed by atoms with E-state index in [9.17, 15) is 8.78 Å². The van der Waals surface area contributed by atoms with Crippen LogP contribution in [0, 0.1) is 6.92 Å². The number of piperazine rings is 1. The van der Waals surface area contributed by atoms with E-state index in [4.69, 9.17) is 4.74 Å². The number of rotatable bonds is 5. The Morgan fingerprint density at radius 3 is 2.40 bits per heavy atom. The summed E-state index contributed by atoms with van der Waals surface area (Å²) in [6.45, 7) is 7.30. The summed E-state index contributed by atoms with van der Waals surface area (Å²) in [5.74, 6) is -2.19. The first kappa shape index (κ1) is 17.8. The van der Waals surface area contributed by atoms with Crippen molar-refractivity contribution in [1.29, 1.82) is 0 Å². The standard InChI is InChI=1S/C20H24F2N2O/c1-15-3-6-17(7-4-15)25-19-8-5-16(13-18(19)20(2,21)22)14-24-11-9-23-10-12-24/h3-8,13,23H,9-12,14H2,1-2H3. The van der Waals surface area contributed by atoms with Crippen LogP contribution in [0.25, 0.3) is 0 Å². The summed E-state index contributed by atoms with van der Waals surface area (Å²) in [7, 11) is 0. The average molecular weight is 346 g/mol. The maximum Gasteiger partial charge on any atom is 0.274 e. The molecule has 0 aliphatic carbocycles. The lowest BCUT2D eigenvalue weighted by atomic mass is 10.0. The van der Waals surface area contributed by atoms with Crippen LogP contribution in [0.15, 0.2) is 42.5 Å². The van der Waals surface area contributed by atoms with Gasteiger partial charge in [0.1, 0.15) is 11.5 Å². The minimum absolute atomic E-state index is 0.0688. The van der Waals surface area contributed by atoms with E-state index in [1.807, 2.05) is 25.1 Å². The molecular formula is C20H24F2N2O. The Balaban J connectivity index is 1.83. The third-order valence-corrected chi connectivity index (χ3v) is 4.38. The van der Waals surface area contributed by atoms with Crippen molar-refractivity contribution in [3.05, 3.63) is 59.2 Å². The first-order chi connectivity index (χ1) is 11.9. The second-order valence-electron chi connectivity index (χ2n) is 6.66. The van der Waals surface area contributed by atoms with Gasteiger partial charge in [0.2, 0.25) is 0 Å². The van der Waals surface area contributed by atoms with Gasteiger partial charge in [-0.1, -0.05) is 23.8 Å². The van der Waals surface area contributed by atoms with Gasteiger partial charge in [-0.15, -0.1) is 0 Å². The SMILES string of the molecule is Cc1ccc(Oc2ccc(CN3CCNCC3)cc2C(C)(F)F)cc1. The lowest BCUT2D eigenvalue weighted by Crippen LogP contribution is -2.42. The van der Waals surface area contributed by atoms with Crippen LogP contribution in [0.1, 0.15) is 23.6 Å². The third-order valence-electron chi connectivity index (χ3n) is 4.38. The molecular weight excluding hydrogens is 322 g/mol. The van der Waals surface area contributed by atoms with Gasteiger partial charge < -0.3 is 10.1 Å².